The van der Waals surface area contributed by atoms with Crippen molar-refractivity contribution in [2.24, 2.45) is 10.7 Å². The average molecular weight is 197 g/mol. The number of nitrogens with one attached hydrogen (secondary N) is 1. The van der Waals surface area contributed by atoms with Crippen LogP contribution in [-0.4, -0.2) is 20.1 Å². The fourth-order valence-corrected chi connectivity index (χ4v) is 0.948. The molecule has 1 aromatic rings. The van der Waals surface area contributed by atoms with Crippen LogP contribution in [0.15, 0.2) is 23.2 Å². The summed E-state index contributed by atoms with van der Waals surface area (Å²) in [5.41, 5.74) is 5.94. The van der Waals surface area contributed by atoms with Crippen LogP contribution in [-0.2, 0) is 0 Å². The van der Waals surface area contributed by atoms with Gasteiger partial charge in [-0.15, -0.1) is 0 Å². The van der Waals surface area contributed by atoms with Crippen LogP contribution in [0.5, 0.6) is 5.75 Å². The maximum absolute atomic E-state index is 13.2. The van der Waals surface area contributed by atoms with Gasteiger partial charge in [0, 0.05) is 18.8 Å². The lowest BCUT2D eigenvalue weighted by Crippen LogP contribution is -2.22. The van der Waals surface area contributed by atoms with E-state index >= 15 is 0 Å². The van der Waals surface area contributed by atoms with E-state index in [4.69, 9.17) is 10.5 Å². The van der Waals surface area contributed by atoms with Gasteiger partial charge in [-0.05, 0) is 12.1 Å². The van der Waals surface area contributed by atoms with E-state index in [1.165, 1.54) is 19.2 Å². The first-order chi connectivity index (χ1) is 6.67. The molecule has 4 nitrogen and oxygen atoms in total. The molecule has 0 bridgehead atoms. The summed E-state index contributed by atoms with van der Waals surface area (Å²) in [5.74, 6) is -0.0153. The number of methoxy groups -OCH3 is 1. The van der Waals surface area contributed by atoms with Crippen molar-refractivity contribution >= 4 is 11.6 Å². The van der Waals surface area contributed by atoms with Gasteiger partial charge in [-0.1, -0.05) is 0 Å². The summed E-state index contributed by atoms with van der Waals surface area (Å²) >= 11 is 0. The Morgan fingerprint density at radius 2 is 2.29 bits per heavy atom. The molecule has 0 saturated carbocycles. The van der Waals surface area contributed by atoms with Crippen LogP contribution in [0.2, 0.25) is 0 Å². The van der Waals surface area contributed by atoms with E-state index in [-0.39, 0.29) is 11.7 Å². The summed E-state index contributed by atoms with van der Waals surface area (Å²) in [6, 6.07) is 4.46. The minimum atomic E-state index is -0.443. The molecule has 0 unspecified atom stereocenters. The summed E-state index contributed by atoms with van der Waals surface area (Å²) < 4.78 is 17.9. The largest absolute Gasteiger partial charge is 0.494 e. The van der Waals surface area contributed by atoms with Crippen LogP contribution >= 0.6 is 0 Å². The first-order valence-corrected chi connectivity index (χ1v) is 4.00. The molecule has 0 aliphatic carbocycles. The number of anilines is 1. The molecule has 0 fully saturated rings. The van der Waals surface area contributed by atoms with Crippen molar-refractivity contribution in [2.45, 2.75) is 0 Å². The van der Waals surface area contributed by atoms with Gasteiger partial charge in [0.1, 0.15) is 0 Å². The lowest BCUT2D eigenvalue weighted by atomic mass is 10.3. The predicted octanol–water partition coefficient (Wildman–Crippen LogP) is 1.19. The van der Waals surface area contributed by atoms with Crippen LogP contribution < -0.4 is 15.8 Å². The lowest BCUT2D eigenvalue weighted by Gasteiger charge is -2.06. The van der Waals surface area contributed by atoms with Gasteiger partial charge in [-0.3, -0.25) is 4.99 Å². The van der Waals surface area contributed by atoms with E-state index in [1.807, 2.05) is 0 Å². The molecule has 0 aliphatic heterocycles. The summed E-state index contributed by atoms with van der Waals surface area (Å²) in [7, 11) is 2.95. The number of nitrogens with zero attached hydrogens (tertiary/aromatic N) is 1. The van der Waals surface area contributed by atoms with E-state index < -0.39 is 5.82 Å². The van der Waals surface area contributed by atoms with Gasteiger partial charge in [0.2, 0.25) is 0 Å². The Kier molecular flexibility index (Phi) is 3.28. The van der Waals surface area contributed by atoms with Gasteiger partial charge >= 0.3 is 0 Å². The zero-order valence-corrected chi connectivity index (χ0v) is 8.04. The lowest BCUT2D eigenvalue weighted by molar-refractivity contribution is 0.387. The van der Waals surface area contributed by atoms with Gasteiger partial charge in [0.25, 0.3) is 0 Å². The highest BCUT2D eigenvalue weighted by Crippen LogP contribution is 2.20. The van der Waals surface area contributed by atoms with Gasteiger partial charge in [-0.2, -0.15) is 0 Å². The molecule has 14 heavy (non-hydrogen) atoms. The molecular formula is C9H12FN3O. The molecule has 0 aromatic heterocycles. The summed E-state index contributed by atoms with van der Waals surface area (Å²) in [4.78, 5) is 3.69. The molecule has 0 aliphatic rings. The average Bonchev–Trinajstić information content (AvgIpc) is 2.18. The van der Waals surface area contributed by atoms with Crippen molar-refractivity contribution < 1.29 is 9.13 Å². The molecule has 0 saturated heterocycles. The summed E-state index contributed by atoms with van der Waals surface area (Å²) in [5, 5.41) is 2.72. The second-order valence-electron chi connectivity index (χ2n) is 2.58. The number of aliphatic imine (C=N–C) groups is 1. The van der Waals surface area contributed by atoms with Crippen LogP contribution in [0.4, 0.5) is 10.1 Å². The molecule has 5 heteroatoms. The second kappa shape index (κ2) is 4.45. The van der Waals surface area contributed by atoms with Crippen LogP contribution in [0.3, 0.4) is 0 Å². The van der Waals surface area contributed by atoms with Crippen molar-refractivity contribution in [3.05, 3.63) is 24.0 Å². The monoisotopic (exact) mass is 197 g/mol. The van der Waals surface area contributed by atoms with Crippen molar-refractivity contribution in [3.8, 4) is 5.75 Å². The molecule has 0 radical (unpaired) electrons. The molecular weight excluding hydrogens is 185 g/mol. The van der Waals surface area contributed by atoms with E-state index in [2.05, 4.69) is 10.3 Å². The van der Waals surface area contributed by atoms with E-state index in [1.54, 1.807) is 13.1 Å². The van der Waals surface area contributed by atoms with E-state index in [0.29, 0.717) is 5.69 Å². The fourth-order valence-electron chi connectivity index (χ4n) is 0.948. The van der Waals surface area contributed by atoms with Crippen molar-refractivity contribution in [2.75, 3.05) is 19.5 Å². The highest BCUT2D eigenvalue weighted by Gasteiger charge is 2.03. The van der Waals surface area contributed by atoms with Crippen molar-refractivity contribution in [1.82, 2.24) is 0 Å². The van der Waals surface area contributed by atoms with Gasteiger partial charge in [0.15, 0.2) is 17.5 Å². The minimum absolute atomic E-state index is 0.197. The fraction of sp³-hybridized carbons (Fsp3) is 0.222. The summed E-state index contributed by atoms with van der Waals surface area (Å²) in [6.45, 7) is 0. The Morgan fingerprint density at radius 3 is 2.79 bits per heavy atom. The number of hydrogen-bond acceptors (Lipinski definition) is 2. The first-order valence-electron chi connectivity index (χ1n) is 4.00. The van der Waals surface area contributed by atoms with Crippen molar-refractivity contribution in [3.63, 3.8) is 0 Å². The maximum atomic E-state index is 13.2. The van der Waals surface area contributed by atoms with E-state index in [0.717, 1.165) is 0 Å². The number of ether oxygens (including phenoxy) is 1. The maximum Gasteiger partial charge on any atom is 0.192 e. The SMILES string of the molecule is CN=C(N)Nc1ccc(OC)c(F)c1. The Bertz CT molecular complexity index is 352. The molecule has 0 heterocycles. The number of nitrogens with two attached hydrogens (primary N) is 1. The molecule has 1 aromatic carbocycles. The smallest absolute Gasteiger partial charge is 0.192 e. The zero-order chi connectivity index (χ0) is 10.6. The Balaban J connectivity index is 2.86. The number of hydrogen-bond donors (Lipinski definition) is 2. The summed E-state index contributed by atoms with van der Waals surface area (Å²) in [6.07, 6.45) is 0. The third kappa shape index (κ3) is 2.35. The zero-order valence-electron chi connectivity index (χ0n) is 8.04. The normalized spacial score (nSPS) is 11.2. The van der Waals surface area contributed by atoms with Crippen LogP contribution in [0, 0.1) is 5.82 Å². The predicted molar refractivity (Wildman–Crippen MR) is 54.1 cm³/mol. The van der Waals surface area contributed by atoms with Crippen molar-refractivity contribution in [1.29, 1.82) is 0 Å². The molecule has 3 N–H and O–H groups in total. The quantitative estimate of drug-likeness (QED) is 0.553. The van der Waals surface area contributed by atoms with Crippen LogP contribution in [0.1, 0.15) is 0 Å². The standard InChI is InChI=1S/C9H12FN3O/c1-12-9(11)13-6-3-4-8(14-2)7(10)5-6/h3-5H,1-2H3,(H3,11,12,13). The van der Waals surface area contributed by atoms with Gasteiger partial charge < -0.3 is 15.8 Å². The van der Waals surface area contributed by atoms with Gasteiger partial charge in [-0.25, -0.2) is 4.39 Å². The third-order valence-electron chi connectivity index (χ3n) is 1.67. The molecule has 0 amide bonds. The number of benzene rings is 1. The molecule has 0 atom stereocenters. The highest BCUT2D eigenvalue weighted by molar-refractivity contribution is 5.92. The molecule has 0 spiro atoms. The topological polar surface area (TPSA) is 59.6 Å². The molecule has 76 valence electrons. The number of halogens is 1. The van der Waals surface area contributed by atoms with Gasteiger partial charge in [0.05, 0.1) is 7.11 Å². The van der Waals surface area contributed by atoms with E-state index in [9.17, 15) is 4.39 Å². The third-order valence-corrected chi connectivity index (χ3v) is 1.67. The number of rotatable bonds is 2. The molecule has 1 rings (SSSR count). The Hall–Kier alpha value is -1.78. The van der Waals surface area contributed by atoms with Crippen LogP contribution in [0.25, 0.3) is 0 Å². The number of guanidine groups is 1. The first kappa shape index (κ1) is 10.3. The minimum Gasteiger partial charge on any atom is -0.494 e. The highest BCUT2D eigenvalue weighted by atomic mass is 19.1. The Labute approximate surface area is 81.6 Å². The second-order valence-corrected chi connectivity index (χ2v) is 2.58. The Morgan fingerprint density at radius 1 is 1.57 bits per heavy atom.